The number of aryl methyl sites for hydroxylation is 1. The van der Waals surface area contributed by atoms with Crippen LogP contribution in [0.5, 0.6) is 5.75 Å². The third-order valence-corrected chi connectivity index (χ3v) is 4.02. The van der Waals surface area contributed by atoms with Crippen molar-refractivity contribution in [2.45, 2.75) is 13.5 Å². The molecule has 0 saturated carbocycles. The predicted molar refractivity (Wildman–Crippen MR) is 78.1 cm³/mol. The molecule has 8 heteroatoms. The van der Waals surface area contributed by atoms with Crippen LogP contribution < -0.4 is 5.32 Å². The monoisotopic (exact) mass is 326 g/mol. The van der Waals surface area contributed by atoms with Gasteiger partial charge < -0.3 is 15.5 Å². The van der Waals surface area contributed by atoms with E-state index >= 15 is 0 Å². The number of rotatable bonds is 4. The van der Waals surface area contributed by atoms with Gasteiger partial charge in [0.25, 0.3) is 5.91 Å². The zero-order chi connectivity index (χ0) is 15.6. The van der Waals surface area contributed by atoms with Gasteiger partial charge in [-0.3, -0.25) is 4.79 Å². The lowest BCUT2D eigenvalue weighted by Gasteiger charge is -2.05. The van der Waals surface area contributed by atoms with Gasteiger partial charge >= 0.3 is 5.97 Å². The molecule has 0 aliphatic rings. The minimum Gasteiger partial charge on any atom is -0.507 e. The standard InChI is InChI=1S/C13H11ClN2O4S/c1-6-11(13(19)20)21-10(16-6)5-15-12(18)8-3-2-7(14)4-9(8)17/h2-4,17H,5H2,1H3,(H,15,18)(H,19,20). The number of carbonyl (C=O) groups excluding carboxylic acids is 1. The molecule has 0 aliphatic heterocycles. The Labute approximate surface area is 129 Å². The number of halogens is 1. The number of carbonyl (C=O) groups is 2. The van der Waals surface area contributed by atoms with E-state index in [1.54, 1.807) is 6.92 Å². The number of phenols is 1. The molecule has 0 fully saturated rings. The van der Waals surface area contributed by atoms with Crippen LogP contribution in [0.1, 0.15) is 30.7 Å². The predicted octanol–water partition coefficient (Wildman–Crippen LogP) is 2.44. The zero-order valence-electron chi connectivity index (χ0n) is 10.9. The van der Waals surface area contributed by atoms with Crippen molar-refractivity contribution in [1.29, 1.82) is 0 Å². The lowest BCUT2D eigenvalue weighted by Crippen LogP contribution is -2.22. The van der Waals surface area contributed by atoms with E-state index in [2.05, 4.69) is 10.3 Å². The molecule has 0 aliphatic carbocycles. The number of aromatic carboxylic acids is 1. The number of phenolic OH excluding ortho intramolecular Hbond substituents is 1. The van der Waals surface area contributed by atoms with Crippen molar-refractivity contribution in [3.05, 3.63) is 44.4 Å². The maximum absolute atomic E-state index is 11.9. The lowest BCUT2D eigenvalue weighted by atomic mass is 10.2. The Kier molecular flexibility index (Phi) is 4.44. The maximum atomic E-state index is 11.9. The molecule has 1 aromatic heterocycles. The summed E-state index contributed by atoms with van der Waals surface area (Å²) in [5, 5.41) is 21.9. The summed E-state index contributed by atoms with van der Waals surface area (Å²) < 4.78 is 0. The van der Waals surface area contributed by atoms with Crippen LogP contribution in [0.25, 0.3) is 0 Å². The zero-order valence-corrected chi connectivity index (χ0v) is 12.5. The molecule has 2 aromatic rings. The Balaban J connectivity index is 2.07. The summed E-state index contributed by atoms with van der Waals surface area (Å²) >= 11 is 6.69. The van der Waals surface area contributed by atoms with Crippen molar-refractivity contribution in [2.24, 2.45) is 0 Å². The second-order valence-corrected chi connectivity index (χ2v) is 5.69. The SMILES string of the molecule is Cc1nc(CNC(=O)c2ccc(Cl)cc2O)sc1C(=O)O. The largest absolute Gasteiger partial charge is 0.507 e. The van der Waals surface area contributed by atoms with Crippen LogP contribution in [-0.2, 0) is 6.54 Å². The average molecular weight is 327 g/mol. The second-order valence-electron chi connectivity index (χ2n) is 4.17. The number of aromatic nitrogens is 1. The van der Waals surface area contributed by atoms with E-state index in [0.717, 1.165) is 11.3 Å². The fraction of sp³-hybridized carbons (Fsp3) is 0.154. The number of hydrogen-bond donors (Lipinski definition) is 3. The number of nitrogens with zero attached hydrogens (tertiary/aromatic N) is 1. The molecule has 0 spiro atoms. The molecule has 110 valence electrons. The second kappa shape index (κ2) is 6.11. The minimum absolute atomic E-state index is 0.0830. The van der Waals surface area contributed by atoms with E-state index < -0.39 is 11.9 Å². The van der Waals surface area contributed by atoms with Gasteiger partial charge in [0.2, 0.25) is 0 Å². The molecular formula is C13H11ClN2O4S. The summed E-state index contributed by atoms with van der Waals surface area (Å²) in [5.41, 5.74) is 0.497. The number of hydrogen-bond acceptors (Lipinski definition) is 5. The van der Waals surface area contributed by atoms with E-state index in [4.69, 9.17) is 16.7 Å². The van der Waals surface area contributed by atoms with E-state index in [1.165, 1.54) is 18.2 Å². The topological polar surface area (TPSA) is 99.5 Å². The Bertz CT molecular complexity index is 714. The van der Waals surface area contributed by atoms with Crippen molar-refractivity contribution in [3.63, 3.8) is 0 Å². The summed E-state index contributed by atoms with van der Waals surface area (Å²) in [6.45, 7) is 1.68. The van der Waals surface area contributed by atoms with Crippen LogP contribution in [0.2, 0.25) is 5.02 Å². The normalized spacial score (nSPS) is 10.4. The Morgan fingerprint density at radius 3 is 2.71 bits per heavy atom. The first-order valence-corrected chi connectivity index (χ1v) is 7.04. The number of carboxylic acids is 1. The fourth-order valence-electron chi connectivity index (χ4n) is 1.67. The van der Waals surface area contributed by atoms with Crippen LogP contribution in [0.15, 0.2) is 18.2 Å². The highest BCUT2D eigenvalue weighted by atomic mass is 35.5. The van der Waals surface area contributed by atoms with E-state index in [1.807, 2.05) is 0 Å². The smallest absolute Gasteiger partial charge is 0.347 e. The molecule has 0 radical (unpaired) electrons. The Hall–Kier alpha value is -2.12. The van der Waals surface area contributed by atoms with Crippen molar-refractivity contribution >= 4 is 34.8 Å². The summed E-state index contributed by atoms with van der Waals surface area (Å²) in [6.07, 6.45) is 0. The fourth-order valence-corrected chi connectivity index (χ4v) is 2.68. The van der Waals surface area contributed by atoms with Crippen LogP contribution in [-0.4, -0.2) is 27.1 Å². The molecule has 1 aromatic carbocycles. The molecule has 0 unspecified atom stereocenters. The van der Waals surface area contributed by atoms with Gasteiger partial charge in [0.05, 0.1) is 17.8 Å². The number of carboxylic acid groups (broad SMARTS) is 1. The maximum Gasteiger partial charge on any atom is 0.347 e. The first-order chi connectivity index (χ1) is 9.88. The van der Waals surface area contributed by atoms with Gasteiger partial charge in [0.15, 0.2) is 0 Å². The van der Waals surface area contributed by atoms with Crippen molar-refractivity contribution in [2.75, 3.05) is 0 Å². The highest BCUT2D eigenvalue weighted by molar-refractivity contribution is 7.13. The molecular weight excluding hydrogens is 316 g/mol. The van der Waals surface area contributed by atoms with Crippen molar-refractivity contribution in [3.8, 4) is 5.75 Å². The Morgan fingerprint density at radius 1 is 1.43 bits per heavy atom. The van der Waals surface area contributed by atoms with E-state index in [0.29, 0.717) is 15.7 Å². The molecule has 1 amide bonds. The highest BCUT2D eigenvalue weighted by Gasteiger charge is 2.16. The molecule has 1 heterocycles. The molecule has 6 nitrogen and oxygen atoms in total. The number of amides is 1. The van der Waals surface area contributed by atoms with Gasteiger partial charge in [0, 0.05) is 5.02 Å². The first kappa shape index (κ1) is 15.3. The molecule has 0 saturated heterocycles. The lowest BCUT2D eigenvalue weighted by molar-refractivity contribution is 0.0701. The molecule has 0 atom stereocenters. The van der Waals surface area contributed by atoms with Gasteiger partial charge in [-0.25, -0.2) is 9.78 Å². The van der Waals surface area contributed by atoms with Crippen molar-refractivity contribution < 1.29 is 19.8 Å². The van der Waals surface area contributed by atoms with Crippen LogP contribution in [0, 0.1) is 6.92 Å². The van der Waals surface area contributed by atoms with Crippen LogP contribution in [0.3, 0.4) is 0 Å². The van der Waals surface area contributed by atoms with Gasteiger partial charge in [0.1, 0.15) is 15.6 Å². The van der Waals surface area contributed by atoms with Gasteiger partial charge in [-0.1, -0.05) is 11.6 Å². The van der Waals surface area contributed by atoms with Crippen LogP contribution >= 0.6 is 22.9 Å². The molecule has 2 rings (SSSR count). The first-order valence-electron chi connectivity index (χ1n) is 5.85. The molecule has 21 heavy (non-hydrogen) atoms. The average Bonchev–Trinajstić information content (AvgIpc) is 2.77. The van der Waals surface area contributed by atoms with Gasteiger partial charge in [-0.2, -0.15) is 0 Å². The Morgan fingerprint density at radius 2 is 2.14 bits per heavy atom. The third kappa shape index (κ3) is 3.50. The van der Waals surface area contributed by atoms with Crippen LogP contribution in [0.4, 0.5) is 0 Å². The summed E-state index contributed by atoms with van der Waals surface area (Å²) in [7, 11) is 0. The number of aromatic hydroxyl groups is 1. The number of benzene rings is 1. The molecule has 0 bridgehead atoms. The summed E-state index contributed by atoms with van der Waals surface area (Å²) in [4.78, 5) is 27.1. The van der Waals surface area contributed by atoms with Gasteiger partial charge in [-0.15, -0.1) is 11.3 Å². The van der Waals surface area contributed by atoms with Gasteiger partial charge in [-0.05, 0) is 25.1 Å². The number of nitrogens with one attached hydrogen (secondary N) is 1. The highest BCUT2D eigenvalue weighted by Crippen LogP contribution is 2.22. The van der Waals surface area contributed by atoms with Crippen molar-refractivity contribution in [1.82, 2.24) is 10.3 Å². The number of thiazole rings is 1. The van der Waals surface area contributed by atoms with E-state index in [-0.39, 0.29) is 22.7 Å². The molecule has 3 N–H and O–H groups in total. The van der Waals surface area contributed by atoms with E-state index in [9.17, 15) is 14.7 Å². The quantitative estimate of drug-likeness (QED) is 0.801. The summed E-state index contributed by atoms with van der Waals surface area (Å²) in [5.74, 6) is -1.76. The third-order valence-electron chi connectivity index (χ3n) is 2.64. The minimum atomic E-state index is -1.04. The summed E-state index contributed by atoms with van der Waals surface area (Å²) in [6, 6.07) is 4.17.